The standard InChI is InChI=1S/C25H20FNO2/c26-23-11-8-18(9-12-23)16-27-25(28)22-7-3-4-19(14-22)17-29-24-13-10-20-5-1-2-6-21(20)15-24/h1-15H,16-17H2,(H,27,28). The number of nitrogens with one attached hydrogen (secondary N) is 1. The van der Waals surface area contributed by atoms with Crippen molar-refractivity contribution < 1.29 is 13.9 Å². The Morgan fingerprint density at radius 1 is 0.793 bits per heavy atom. The summed E-state index contributed by atoms with van der Waals surface area (Å²) < 4.78 is 18.9. The number of rotatable bonds is 6. The Bertz CT molecular complexity index is 1140. The summed E-state index contributed by atoms with van der Waals surface area (Å²) >= 11 is 0. The molecule has 0 saturated carbocycles. The Balaban J connectivity index is 1.38. The zero-order valence-electron chi connectivity index (χ0n) is 15.8. The Morgan fingerprint density at radius 2 is 1.59 bits per heavy atom. The molecule has 29 heavy (non-hydrogen) atoms. The number of carbonyl (C=O) groups is 1. The summed E-state index contributed by atoms with van der Waals surface area (Å²) in [4.78, 5) is 12.4. The van der Waals surface area contributed by atoms with E-state index >= 15 is 0 Å². The molecule has 4 aromatic rings. The van der Waals surface area contributed by atoms with Gasteiger partial charge < -0.3 is 10.1 Å². The van der Waals surface area contributed by atoms with Crippen LogP contribution in [0.5, 0.6) is 5.75 Å². The van der Waals surface area contributed by atoms with Crippen LogP contribution in [-0.4, -0.2) is 5.91 Å². The second-order valence-corrected chi connectivity index (χ2v) is 6.81. The molecule has 0 aliphatic carbocycles. The van der Waals surface area contributed by atoms with Crippen LogP contribution >= 0.6 is 0 Å². The largest absolute Gasteiger partial charge is 0.489 e. The van der Waals surface area contributed by atoms with Gasteiger partial charge in [-0.1, -0.05) is 54.6 Å². The molecule has 0 radical (unpaired) electrons. The highest BCUT2D eigenvalue weighted by atomic mass is 19.1. The van der Waals surface area contributed by atoms with E-state index in [1.165, 1.54) is 17.5 Å². The van der Waals surface area contributed by atoms with Gasteiger partial charge in [0, 0.05) is 12.1 Å². The smallest absolute Gasteiger partial charge is 0.251 e. The Morgan fingerprint density at radius 3 is 2.41 bits per heavy atom. The second-order valence-electron chi connectivity index (χ2n) is 6.81. The quantitative estimate of drug-likeness (QED) is 0.477. The van der Waals surface area contributed by atoms with E-state index in [0.29, 0.717) is 18.7 Å². The molecule has 4 heteroatoms. The zero-order chi connectivity index (χ0) is 20.1. The molecule has 0 fully saturated rings. The van der Waals surface area contributed by atoms with Gasteiger partial charge in [0.25, 0.3) is 5.91 Å². The molecule has 1 amide bonds. The average Bonchev–Trinajstić information content (AvgIpc) is 2.77. The topological polar surface area (TPSA) is 38.3 Å². The molecule has 0 aliphatic heterocycles. The van der Waals surface area contributed by atoms with Gasteiger partial charge in [-0.2, -0.15) is 0 Å². The van der Waals surface area contributed by atoms with E-state index < -0.39 is 0 Å². The van der Waals surface area contributed by atoms with Crippen LogP contribution < -0.4 is 10.1 Å². The third-order valence-electron chi connectivity index (χ3n) is 4.68. The molecule has 0 atom stereocenters. The molecule has 0 bridgehead atoms. The summed E-state index contributed by atoms with van der Waals surface area (Å²) in [6.45, 7) is 0.717. The molecular weight excluding hydrogens is 365 g/mol. The molecule has 3 nitrogen and oxygen atoms in total. The van der Waals surface area contributed by atoms with Gasteiger partial charge in [0.15, 0.2) is 0 Å². The minimum atomic E-state index is -0.292. The lowest BCUT2D eigenvalue weighted by atomic mass is 10.1. The van der Waals surface area contributed by atoms with Crippen molar-refractivity contribution in [3.05, 3.63) is 114 Å². The maximum Gasteiger partial charge on any atom is 0.251 e. The number of halogens is 1. The van der Waals surface area contributed by atoms with Crippen LogP contribution in [0.3, 0.4) is 0 Å². The van der Waals surface area contributed by atoms with Gasteiger partial charge in [0.1, 0.15) is 18.2 Å². The molecule has 0 heterocycles. The summed E-state index contributed by atoms with van der Waals surface area (Å²) in [5.74, 6) is 0.316. The van der Waals surface area contributed by atoms with Gasteiger partial charge in [0.05, 0.1) is 0 Å². The maximum atomic E-state index is 13.0. The molecular formula is C25H20FNO2. The van der Waals surface area contributed by atoms with E-state index in [2.05, 4.69) is 11.4 Å². The summed E-state index contributed by atoms with van der Waals surface area (Å²) in [5.41, 5.74) is 2.31. The van der Waals surface area contributed by atoms with Gasteiger partial charge in [0.2, 0.25) is 0 Å². The Hall–Kier alpha value is -3.66. The molecule has 4 rings (SSSR count). The lowest BCUT2D eigenvalue weighted by Gasteiger charge is -2.10. The van der Waals surface area contributed by atoms with Crippen molar-refractivity contribution in [3.63, 3.8) is 0 Å². The van der Waals surface area contributed by atoms with Crippen molar-refractivity contribution in [3.8, 4) is 5.75 Å². The molecule has 0 aliphatic rings. The minimum absolute atomic E-state index is 0.179. The molecule has 1 N–H and O–H groups in total. The number of carbonyl (C=O) groups excluding carboxylic acids is 1. The second kappa shape index (κ2) is 8.57. The number of hydrogen-bond acceptors (Lipinski definition) is 2. The Labute approximate surface area is 168 Å². The fourth-order valence-corrected chi connectivity index (χ4v) is 3.11. The number of ether oxygens (including phenoxy) is 1. The monoisotopic (exact) mass is 385 g/mol. The highest BCUT2D eigenvalue weighted by Crippen LogP contribution is 2.21. The van der Waals surface area contributed by atoms with Gasteiger partial charge in [-0.25, -0.2) is 4.39 Å². The summed E-state index contributed by atoms with van der Waals surface area (Å²) in [7, 11) is 0. The van der Waals surface area contributed by atoms with Crippen LogP contribution in [0.15, 0.2) is 91.0 Å². The van der Waals surface area contributed by atoms with Crippen LogP contribution in [0, 0.1) is 5.82 Å². The normalized spacial score (nSPS) is 10.7. The van der Waals surface area contributed by atoms with Gasteiger partial charge in [-0.3, -0.25) is 4.79 Å². The highest BCUT2D eigenvalue weighted by molar-refractivity contribution is 5.94. The van der Waals surface area contributed by atoms with Crippen LogP contribution in [0.2, 0.25) is 0 Å². The van der Waals surface area contributed by atoms with Crippen LogP contribution in [-0.2, 0) is 13.2 Å². The first-order valence-corrected chi connectivity index (χ1v) is 9.40. The highest BCUT2D eigenvalue weighted by Gasteiger charge is 2.07. The zero-order valence-corrected chi connectivity index (χ0v) is 15.8. The van der Waals surface area contributed by atoms with E-state index in [1.807, 2.05) is 54.6 Å². The van der Waals surface area contributed by atoms with Crippen molar-refractivity contribution >= 4 is 16.7 Å². The Kier molecular flexibility index (Phi) is 5.52. The fraction of sp³-hybridized carbons (Fsp3) is 0.0800. The molecule has 0 aromatic heterocycles. The van der Waals surface area contributed by atoms with E-state index in [1.54, 1.807) is 18.2 Å². The first kappa shape index (κ1) is 18.7. The number of benzene rings is 4. The van der Waals surface area contributed by atoms with Crippen LogP contribution in [0.4, 0.5) is 4.39 Å². The van der Waals surface area contributed by atoms with Crippen molar-refractivity contribution in [1.82, 2.24) is 5.32 Å². The van der Waals surface area contributed by atoms with E-state index in [4.69, 9.17) is 4.74 Å². The maximum absolute atomic E-state index is 13.0. The summed E-state index contributed by atoms with van der Waals surface area (Å²) in [6, 6.07) is 27.5. The first-order chi connectivity index (χ1) is 14.2. The van der Waals surface area contributed by atoms with Gasteiger partial charge in [-0.05, 0) is 58.3 Å². The summed E-state index contributed by atoms with van der Waals surface area (Å²) in [5, 5.41) is 5.14. The molecule has 144 valence electrons. The minimum Gasteiger partial charge on any atom is -0.489 e. The average molecular weight is 385 g/mol. The number of hydrogen-bond donors (Lipinski definition) is 1. The number of amides is 1. The van der Waals surface area contributed by atoms with Crippen LogP contribution in [0.25, 0.3) is 10.8 Å². The van der Waals surface area contributed by atoms with Gasteiger partial charge >= 0.3 is 0 Å². The lowest BCUT2D eigenvalue weighted by Crippen LogP contribution is -2.22. The van der Waals surface area contributed by atoms with E-state index in [0.717, 1.165) is 22.3 Å². The molecule has 4 aromatic carbocycles. The first-order valence-electron chi connectivity index (χ1n) is 9.40. The van der Waals surface area contributed by atoms with Crippen molar-refractivity contribution in [2.75, 3.05) is 0 Å². The predicted molar refractivity (Wildman–Crippen MR) is 112 cm³/mol. The third-order valence-corrected chi connectivity index (χ3v) is 4.68. The molecule has 0 spiro atoms. The van der Waals surface area contributed by atoms with E-state index in [-0.39, 0.29) is 11.7 Å². The van der Waals surface area contributed by atoms with Crippen molar-refractivity contribution in [2.24, 2.45) is 0 Å². The van der Waals surface area contributed by atoms with Crippen LogP contribution in [0.1, 0.15) is 21.5 Å². The third kappa shape index (κ3) is 4.79. The fourth-order valence-electron chi connectivity index (χ4n) is 3.11. The van der Waals surface area contributed by atoms with Crippen molar-refractivity contribution in [2.45, 2.75) is 13.2 Å². The SMILES string of the molecule is O=C(NCc1ccc(F)cc1)c1cccc(COc2ccc3ccccc3c2)c1. The molecule has 0 saturated heterocycles. The summed E-state index contributed by atoms with van der Waals surface area (Å²) in [6.07, 6.45) is 0. The number of fused-ring (bicyclic) bond motifs is 1. The predicted octanol–water partition coefficient (Wildman–Crippen LogP) is 5.49. The lowest BCUT2D eigenvalue weighted by molar-refractivity contribution is 0.0950. The molecule has 0 unspecified atom stereocenters. The van der Waals surface area contributed by atoms with Crippen molar-refractivity contribution in [1.29, 1.82) is 0 Å². The van der Waals surface area contributed by atoms with Gasteiger partial charge in [-0.15, -0.1) is 0 Å². The van der Waals surface area contributed by atoms with E-state index in [9.17, 15) is 9.18 Å².